The highest BCUT2D eigenvalue weighted by molar-refractivity contribution is 5.97. The van der Waals surface area contributed by atoms with Crippen molar-refractivity contribution in [3.8, 4) is 5.69 Å². The monoisotopic (exact) mass is 329 g/mol. The van der Waals surface area contributed by atoms with E-state index in [1.807, 2.05) is 51.1 Å². The van der Waals surface area contributed by atoms with E-state index in [2.05, 4.69) is 10.4 Å². The second kappa shape index (κ2) is 7.77. The van der Waals surface area contributed by atoms with Gasteiger partial charge in [0.1, 0.15) is 6.04 Å². The molecule has 1 unspecified atom stereocenters. The van der Waals surface area contributed by atoms with Crippen LogP contribution in [0.4, 0.5) is 0 Å². The first-order valence-corrected chi connectivity index (χ1v) is 7.92. The zero-order valence-electron chi connectivity index (χ0n) is 14.4. The van der Waals surface area contributed by atoms with Gasteiger partial charge in [-0.15, -0.1) is 0 Å². The van der Waals surface area contributed by atoms with Crippen LogP contribution in [0.15, 0.2) is 36.5 Å². The van der Waals surface area contributed by atoms with Crippen LogP contribution >= 0.6 is 0 Å². The molecule has 1 heterocycles. The van der Waals surface area contributed by atoms with Crippen LogP contribution in [-0.4, -0.2) is 34.8 Å². The first-order chi connectivity index (χ1) is 11.4. The Bertz CT molecular complexity index is 708. The van der Waals surface area contributed by atoms with Crippen LogP contribution in [0, 0.1) is 12.8 Å². The van der Waals surface area contributed by atoms with Gasteiger partial charge in [0, 0.05) is 0 Å². The molecule has 0 radical (unpaired) electrons. The summed E-state index contributed by atoms with van der Waals surface area (Å²) in [4.78, 5) is 24.4. The molecule has 2 rings (SSSR count). The van der Waals surface area contributed by atoms with Gasteiger partial charge in [-0.1, -0.05) is 32.0 Å². The summed E-state index contributed by atoms with van der Waals surface area (Å²) in [6.45, 7) is 5.80. The standard InChI is InChI=1S/C18H23N3O3/c1-12(2)10-16(18(23)24-4)20-17(22)15-11-19-21(13(15)3)14-8-6-5-7-9-14/h5-9,11-12,16H,10H2,1-4H3,(H,20,22). The molecule has 0 aliphatic heterocycles. The number of nitrogens with one attached hydrogen (secondary N) is 1. The maximum atomic E-state index is 12.6. The lowest BCUT2D eigenvalue weighted by atomic mass is 10.0. The van der Waals surface area contributed by atoms with Crippen molar-refractivity contribution in [1.29, 1.82) is 0 Å². The minimum atomic E-state index is -0.665. The van der Waals surface area contributed by atoms with E-state index < -0.39 is 12.0 Å². The average molecular weight is 329 g/mol. The lowest BCUT2D eigenvalue weighted by Crippen LogP contribution is -2.42. The predicted octanol–water partition coefficient (Wildman–Crippen LogP) is 2.50. The normalized spacial score (nSPS) is 12.0. The highest BCUT2D eigenvalue weighted by Crippen LogP contribution is 2.15. The molecule has 1 amide bonds. The van der Waals surface area contributed by atoms with Crippen LogP contribution in [0.5, 0.6) is 0 Å². The number of carbonyl (C=O) groups excluding carboxylic acids is 2. The third-order valence-corrected chi connectivity index (χ3v) is 3.75. The molecule has 1 aromatic carbocycles. The summed E-state index contributed by atoms with van der Waals surface area (Å²) in [5, 5.41) is 7.03. The van der Waals surface area contributed by atoms with Crippen molar-refractivity contribution >= 4 is 11.9 Å². The lowest BCUT2D eigenvalue weighted by molar-refractivity contribution is -0.143. The zero-order chi connectivity index (χ0) is 17.7. The van der Waals surface area contributed by atoms with E-state index in [0.717, 1.165) is 5.69 Å². The first-order valence-electron chi connectivity index (χ1n) is 7.92. The summed E-state index contributed by atoms with van der Waals surface area (Å²) in [5.74, 6) is -0.515. The Balaban J connectivity index is 2.20. The van der Waals surface area contributed by atoms with E-state index in [1.165, 1.54) is 13.3 Å². The van der Waals surface area contributed by atoms with Crippen molar-refractivity contribution in [2.45, 2.75) is 33.2 Å². The Morgan fingerprint density at radius 2 is 1.92 bits per heavy atom. The van der Waals surface area contributed by atoms with Gasteiger partial charge in [-0.3, -0.25) is 4.79 Å². The van der Waals surface area contributed by atoms with E-state index in [1.54, 1.807) is 4.68 Å². The molecule has 0 fully saturated rings. The van der Waals surface area contributed by atoms with Crippen molar-refractivity contribution in [3.05, 3.63) is 47.8 Å². The maximum absolute atomic E-state index is 12.6. The van der Waals surface area contributed by atoms with Gasteiger partial charge in [-0.25, -0.2) is 9.48 Å². The van der Waals surface area contributed by atoms with Gasteiger partial charge < -0.3 is 10.1 Å². The second-order valence-corrected chi connectivity index (χ2v) is 6.07. The highest BCUT2D eigenvalue weighted by Gasteiger charge is 2.25. The van der Waals surface area contributed by atoms with Crippen molar-refractivity contribution in [3.63, 3.8) is 0 Å². The minimum Gasteiger partial charge on any atom is -0.467 e. The van der Waals surface area contributed by atoms with Crippen LogP contribution in [0.3, 0.4) is 0 Å². The number of nitrogens with zero attached hydrogens (tertiary/aromatic N) is 2. The Morgan fingerprint density at radius 1 is 1.25 bits per heavy atom. The Hall–Kier alpha value is -2.63. The number of hydrogen-bond donors (Lipinski definition) is 1. The van der Waals surface area contributed by atoms with E-state index in [9.17, 15) is 9.59 Å². The summed E-state index contributed by atoms with van der Waals surface area (Å²) in [7, 11) is 1.32. The SMILES string of the molecule is COC(=O)C(CC(C)C)NC(=O)c1cnn(-c2ccccc2)c1C. The molecule has 2 aromatic rings. The topological polar surface area (TPSA) is 73.2 Å². The van der Waals surface area contributed by atoms with Gasteiger partial charge in [-0.2, -0.15) is 5.10 Å². The van der Waals surface area contributed by atoms with Gasteiger partial charge in [-0.05, 0) is 31.4 Å². The molecule has 0 bridgehead atoms. The number of hydrogen-bond acceptors (Lipinski definition) is 4. The number of ether oxygens (including phenoxy) is 1. The number of para-hydroxylation sites is 1. The van der Waals surface area contributed by atoms with Crippen molar-refractivity contribution in [2.24, 2.45) is 5.92 Å². The number of benzene rings is 1. The number of esters is 1. The summed E-state index contributed by atoms with van der Waals surface area (Å²) < 4.78 is 6.48. The van der Waals surface area contributed by atoms with Gasteiger partial charge in [0.05, 0.1) is 30.3 Å². The molecule has 0 spiro atoms. The molecular formula is C18H23N3O3. The summed E-state index contributed by atoms with van der Waals surface area (Å²) >= 11 is 0. The zero-order valence-corrected chi connectivity index (χ0v) is 14.4. The quantitative estimate of drug-likeness (QED) is 0.827. The fourth-order valence-electron chi connectivity index (χ4n) is 2.53. The van der Waals surface area contributed by atoms with E-state index in [0.29, 0.717) is 17.7 Å². The van der Waals surface area contributed by atoms with Gasteiger partial charge in [0.15, 0.2) is 0 Å². The van der Waals surface area contributed by atoms with Crippen LogP contribution < -0.4 is 5.32 Å². The third kappa shape index (κ3) is 4.01. The number of amides is 1. The van der Waals surface area contributed by atoms with E-state index in [-0.39, 0.29) is 11.8 Å². The van der Waals surface area contributed by atoms with Gasteiger partial charge in [0.25, 0.3) is 5.91 Å². The molecule has 0 saturated heterocycles. The molecule has 24 heavy (non-hydrogen) atoms. The number of carbonyl (C=O) groups is 2. The molecular weight excluding hydrogens is 306 g/mol. The molecule has 128 valence electrons. The van der Waals surface area contributed by atoms with Crippen LogP contribution in [0.25, 0.3) is 5.69 Å². The average Bonchev–Trinajstić information content (AvgIpc) is 2.95. The third-order valence-electron chi connectivity index (χ3n) is 3.75. The molecule has 1 aromatic heterocycles. The molecule has 6 heteroatoms. The first kappa shape index (κ1) is 17.7. The maximum Gasteiger partial charge on any atom is 0.328 e. The fourth-order valence-corrected chi connectivity index (χ4v) is 2.53. The molecule has 0 aliphatic rings. The van der Waals surface area contributed by atoms with Crippen LogP contribution in [-0.2, 0) is 9.53 Å². The summed E-state index contributed by atoms with van der Waals surface area (Å²) in [6.07, 6.45) is 2.03. The van der Waals surface area contributed by atoms with Crippen LogP contribution in [0.1, 0.15) is 36.3 Å². The molecule has 1 N–H and O–H groups in total. The minimum absolute atomic E-state index is 0.252. The largest absolute Gasteiger partial charge is 0.467 e. The highest BCUT2D eigenvalue weighted by atomic mass is 16.5. The van der Waals surface area contributed by atoms with Gasteiger partial charge >= 0.3 is 5.97 Å². The Labute approximate surface area is 141 Å². The van der Waals surface area contributed by atoms with Crippen molar-refractivity contribution in [2.75, 3.05) is 7.11 Å². The fraction of sp³-hybridized carbons (Fsp3) is 0.389. The van der Waals surface area contributed by atoms with Crippen molar-refractivity contribution in [1.82, 2.24) is 15.1 Å². The molecule has 6 nitrogen and oxygen atoms in total. The van der Waals surface area contributed by atoms with E-state index >= 15 is 0 Å². The van der Waals surface area contributed by atoms with Crippen molar-refractivity contribution < 1.29 is 14.3 Å². The van der Waals surface area contributed by atoms with Crippen LogP contribution in [0.2, 0.25) is 0 Å². The number of methoxy groups -OCH3 is 1. The lowest BCUT2D eigenvalue weighted by Gasteiger charge is -2.18. The summed E-state index contributed by atoms with van der Waals surface area (Å²) in [5.41, 5.74) is 2.03. The molecule has 1 atom stereocenters. The second-order valence-electron chi connectivity index (χ2n) is 6.07. The Kier molecular flexibility index (Phi) is 5.73. The smallest absolute Gasteiger partial charge is 0.328 e. The molecule has 0 saturated carbocycles. The van der Waals surface area contributed by atoms with Gasteiger partial charge in [0.2, 0.25) is 0 Å². The summed E-state index contributed by atoms with van der Waals surface area (Å²) in [6, 6.07) is 8.90. The molecule has 0 aliphatic carbocycles. The van der Waals surface area contributed by atoms with E-state index in [4.69, 9.17) is 4.74 Å². The number of rotatable bonds is 6. The Morgan fingerprint density at radius 3 is 2.50 bits per heavy atom. The predicted molar refractivity (Wildman–Crippen MR) is 91.0 cm³/mol. The number of aromatic nitrogens is 2.